The van der Waals surface area contributed by atoms with Crippen molar-refractivity contribution in [2.75, 3.05) is 59.5 Å². The largest absolute Gasteiger partial charge is 0.379 e. The van der Waals surface area contributed by atoms with E-state index in [9.17, 15) is 0 Å². The Morgan fingerprint density at radius 2 is 1.89 bits per heavy atom. The number of likely N-dealkylation sites (tertiary alicyclic amines) is 1. The van der Waals surface area contributed by atoms with Gasteiger partial charge in [-0.05, 0) is 39.4 Å². The summed E-state index contributed by atoms with van der Waals surface area (Å²) in [4.78, 5) is 4.91. The predicted molar refractivity (Wildman–Crippen MR) is 79.5 cm³/mol. The zero-order chi connectivity index (χ0) is 13.6. The molecular formula is C15H29N3O. The minimum atomic E-state index is 0.292. The van der Waals surface area contributed by atoms with Gasteiger partial charge in [0.2, 0.25) is 0 Å². The highest BCUT2D eigenvalue weighted by atomic mass is 16.5. The molecule has 0 aromatic heterocycles. The number of nitrogens with one attached hydrogen (secondary N) is 1. The van der Waals surface area contributed by atoms with Crippen molar-refractivity contribution in [3.8, 4) is 0 Å². The molecule has 4 heteroatoms. The van der Waals surface area contributed by atoms with Crippen LogP contribution >= 0.6 is 0 Å². The number of nitrogens with zero attached hydrogens (tertiary/aromatic N) is 2. The van der Waals surface area contributed by atoms with E-state index in [2.05, 4.69) is 34.8 Å². The number of morpholine rings is 1. The van der Waals surface area contributed by atoms with Gasteiger partial charge in [0.1, 0.15) is 0 Å². The number of ether oxygens (including phenoxy) is 1. The number of rotatable bonds is 6. The molecule has 110 valence electrons. The van der Waals surface area contributed by atoms with Crippen LogP contribution in [0.25, 0.3) is 0 Å². The van der Waals surface area contributed by atoms with E-state index < -0.39 is 0 Å². The molecule has 1 N–H and O–H groups in total. The zero-order valence-electron chi connectivity index (χ0n) is 12.4. The van der Waals surface area contributed by atoms with Crippen LogP contribution in [0.1, 0.15) is 19.3 Å². The molecule has 0 saturated carbocycles. The molecule has 2 fully saturated rings. The lowest BCUT2D eigenvalue weighted by Gasteiger charge is -2.41. The third-order valence-electron chi connectivity index (χ3n) is 4.51. The standard InChI is InChI=1S/C15H29N3O/c1-3-4-15(5-8-17(2)9-6-15)16-7-10-18-11-13-19-14-12-18/h3,16H,1,4-14H2,2H3. The number of hydrogen-bond acceptors (Lipinski definition) is 4. The molecule has 2 heterocycles. The Labute approximate surface area is 117 Å². The first-order valence-electron chi connectivity index (χ1n) is 7.59. The minimum Gasteiger partial charge on any atom is -0.379 e. The lowest BCUT2D eigenvalue weighted by molar-refractivity contribution is 0.0365. The molecule has 0 atom stereocenters. The average Bonchev–Trinajstić information content (AvgIpc) is 2.44. The molecule has 2 aliphatic heterocycles. The molecule has 0 amide bonds. The molecule has 0 aromatic rings. The maximum Gasteiger partial charge on any atom is 0.0594 e. The Balaban J connectivity index is 1.75. The molecule has 0 aromatic carbocycles. The van der Waals surface area contributed by atoms with E-state index in [1.165, 1.54) is 25.9 Å². The van der Waals surface area contributed by atoms with Crippen LogP contribution in [-0.2, 0) is 4.74 Å². The summed E-state index contributed by atoms with van der Waals surface area (Å²) in [7, 11) is 2.21. The molecule has 0 spiro atoms. The SMILES string of the molecule is C=CCC1(NCCN2CCOCC2)CCN(C)CC1. The van der Waals surface area contributed by atoms with Crippen LogP contribution < -0.4 is 5.32 Å². The van der Waals surface area contributed by atoms with E-state index in [4.69, 9.17) is 4.74 Å². The molecule has 0 bridgehead atoms. The Kier molecular flexibility index (Phi) is 5.82. The van der Waals surface area contributed by atoms with E-state index >= 15 is 0 Å². The summed E-state index contributed by atoms with van der Waals surface area (Å²) in [5.74, 6) is 0. The smallest absolute Gasteiger partial charge is 0.0594 e. The second kappa shape index (κ2) is 7.39. The highest BCUT2D eigenvalue weighted by Crippen LogP contribution is 2.25. The van der Waals surface area contributed by atoms with Gasteiger partial charge in [-0.1, -0.05) is 6.08 Å². The molecule has 2 rings (SSSR count). The van der Waals surface area contributed by atoms with Crippen LogP contribution in [0.2, 0.25) is 0 Å². The third kappa shape index (κ3) is 4.56. The Bertz CT molecular complexity index is 269. The van der Waals surface area contributed by atoms with Crippen molar-refractivity contribution in [2.45, 2.75) is 24.8 Å². The first kappa shape index (κ1) is 15.0. The highest BCUT2D eigenvalue weighted by Gasteiger charge is 2.31. The average molecular weight is 267 g/mol. The summed E-state index contributed by atoms with van der Waals surface area (Å²) >= 11 is 0. The van der Waals surface area contributed by atoms with Gasteiger partial charge in [-0.25, -0.2) is 0 Å². The number of hydrogen-bond donors (Lipinski definition) is 1. The fourth-order valence-corrected chi connectivity index (χ4v) is 3.08. The van der Waals surface area contributed by atoms with Gasteiger partial charge in [-0.2, -0.15) is 0 Å². The van der Waals surface area contributed by atoms with Crippen LogP contribution in [0.3, 0.4) is 0 Å². The molecular weight excluding hydrogens is 238 g/mol. The molecule has 19 heavy (non-hydrogen) atoms. The van der Waals surface area contributed by atoms with Crippen molar-refractivity contribution in [3.63, 3.8) is 0 Å². The van der Waals surface area contributed by atoms with Gasteiger partial charge in [0.15, 0.2) is 0 Å². The van der Waals surface area contributed by atoms with Gasteiger partial charge in [0.05, 0.1) is 13.2 Å². The Hall–Kier alpha value is -0.420. The summed E-state index contributed by atoms with van der Waals surface area (Å²) in [5.41, 5.74) is 0.292. The lowest BCUT2D eigenvalue weighted by atomic mass is 9.84. The van der Waals surface area contributed by atoms with Gasteiger partial charge in [-0.3, -0.25) is 4.90 Å². The van der Waals surface area contributed by atoms with Gasteiger partial charge in [0, 0.05) is 31.7 Å². The van der Waals surface area contributed by atoms with Crippen LogP contribution in [0.4, 0.5) is 0 Å². The van der Waals surface area contributed by atoms with E-state index in [0.29, 0.717) is 5.54 Å². The molecule has 0 radical (unpaired) electrons. The summed E-state index contributed by atoms with van der Waals surface area (Å²) < 4.78 is 5.39. The van der Waals surface area contributed by atoms with Crippen LogP contribution in [0.5, 0.6) is 0 Å². The Morgan fingerprint density at radius 1 is 1.21 bits per heavy atom. The summed E-state index contributed by atoms with van der Waals surface area (Å²) in [6, 6.07) is 0. The molecule has 0 unspecified atom stereocenters. The second-order valence-corrected chi connectivity index (χ2v) is 5.96. The van der Waals surface area contributed by atoms with Crippen LogP contribution in [-0.4, -0.2) is 74.9 Å². The van der Waals surface area contributed by atoms with Gasteiger partial charge >= 0.3 is 0 Å². The molecule has 2 aliphatic rings. The minimum absolute atomic E-state index is 0.292. The van der Waals surface area contributed by atoms with Crippen LogP contribution in [0, 0.1) is 0 Å². The Morgan fingerprint density at radius 3 is 2.53 bits per heavy atom. The maximum absolute atomic E-state index is 5.39. The van der Waals surface area contributed by atoms with Crippen molar-refractivity contribution in [1.29, 1.82) is 0 Å². The normalized spacial score (nSPS) is 25.3. The van der Waals surface area contributed by atoms with E-state index in [-0.39, 0.29) is 0 Å². The fraction of sp³-hybridized carbons (Fsp3) is 0.867. The van der Waals surface area contributed by atoms with E-state index in [1.54, 1.807) is 0 Å². The maximum atomic E-state index is 5.39. The van der Waals surface area contributed by atoms with Crippen LogP contribution in [0.15, 0.2) is 12.7 Å². The first-order chi connectivity index (χ1) is 9.24. The summed E-state index contributed by atoms with van der Waals surface area (Å²) in [6.07, 6.45) is 5.63. The highest BCUT2D eigenvalue weighted by molar-refractivity contribution is 4.97. The first-order valence-corrected chi connectivity index (χ1v) is 7.59. The quantitative estimate of drug-likeness (QED) is 0.725. The second-order valence-electron chi connectivity index (χ2n) is 5.96. The van der Waals surface area contributed by atoms with Crippen molar-refractivity contribution in [1.82, 2.24) is 15.1 Å². The van der Waals surface area contributed by atoms with Gasteiger partial charge < -0.3 is 15.0 Å². The van der Waals surface area contributed by atoms with E-state index in [1.807, 2.05) is 0 Å². The van der Waals surface area contributed by atoms with E-state index in [0.717, 1.165) is 45.8 Å². The van der Waals surface area contributed by atoms with Gasteiger partial charge in [-0.15, -0.1) is 6.58 Å². The lowest BCUT2D eigenvalue weighted by Crippen LogP contribution is -2.54. The zero-order valence-corrected chi connectivity index (χ0v) is 12.4. The molecule has 4 nitrogen and oxygen atoms in total. The van der Waals surface area contributed by atoms with Crippen molar-refractivity contribution >= 4 is 0 Å². The van der Waals surface area contributed by atoms with Crippen molar-refractivity contribution in [2.24, 2.45) is 0 Å². The summed E-state index contributed by atoms with van der Waals surface area (Å²) in [5, 5.41) is 3.82. The number of piperidine rings is 1. The molecule has 2 saturated heterocycles. The van der Waals surface area contributed by atoms with Gasteiger partial charge in [0.25, 0.3) is 0 Å². The monoisotopic (exact) mass is 267 g/mol. The topological polar surface area (TPSA) is 27.7 Å². The predicted octanol–water partition coefficient (Wildman–Crippen LogP) is 0.949. The van der Waals surface area contributed by atoms with Crippen molar-refractivity contribution < 1.29 is 4.74 Å². The summed E-state index contributed by atoms with van der Waals surface area (Å²) in [6.45, 7) is 12.5. The third-order valence-corrected chi connectivity index (χ3v) is 4.51. The molecule has 0 aliphatic carbocycles. The fourth-order valence-electron chi connectivity index (χ4n) is 3.08. The van der Waals surface area contributed by atoms with Crippen molar-refractivity contribution in [3.05, 3.63) is 12.7 Å².